The average molecular weight is 540 g/mol. The monoisotopic (exact) mass is 539 g/mol. The Kier molecular flexibility index (Phi) is 8.39. The number of amides is 2. The van der Waals surface area contributed by atoms with E-state index in [0.717, 1.165) is 17.8 Å². The Balaban J connectivity index is 1.61. The number of ether oxygens (including phenoxy) is 1. The SMILES string of the molecule is CCn1c(CC(=O)Nc2cccc(OC)c2)nnc1SCC(=O)Nc1c(F)cc(F)cc1Br. The highest BCUT2D eigenvalue weighted by Crippen LogP contribution is 2.27. The van der Waals surface area contributed by atoms with Crippen LogP contribution in [0, 0.1) is 11.6 Å². The Morgan fingerprint density at radius 2 is 1.94 bits per heavy atom. The number of benzene rings is 2. The first-order chi connectivity index (χ1) is 15.8. The number of carbonyl (C=O) groups excluding carboxylic acids is 2. The summed E-state index contributed by atoms with van der Waals surface area (Å²) in [6.45, 7) is 2.35. The quantitative estimate of drug-likeness (QED) is 0.394. The largest absolute Gasteiger partial charge is 0.497 e. The van der Waals surface area contributed by atoms with Crippen molar-refractivity contribution in [1.29, 1.82) is 0 Å². The molecule has 0 unspecified atom stereocenters. The molecular weight excluding hydrogens is 520 g/mol. The zero-order valence-corrected chi connectivity index (χ0v) is 20.1. The maximum absolute atomic E-state index is 13.9. The smallest absolute Gasteiger partial charge is 0.234 e. The van der Waals surface area contributed by atoms with Crippen LogP contribution in [0.1, 0.15) is 12.7 Å². The minimum Gasteiger partial charge on any atom is -0.497 e. The Bertz CT molecular complexity index is 1150. The van der Waals surface area contributed by atoms with Gasteiger partial charge in [0.25, 0.3) is 0 Å². The van der Waals surface area contributed by atoms with Gasteiger partial charge in [-0.3, -0.25) is 9.59 Å². The van der Waals surface area contributed by atoms with Crippen LogP contribution in [0.25, 0.3) is 0 Å². The van der Waals surface area contributed by atoms with E-state index in [1.807, 2.05) is 6.92 Å². The second-order valence-electron chi connectivity index (χ2n) is 6.68. The molecule has 1 heterocycles. The van der Waals surface area contributed by atoms with Crippen molar-refractivity contribution in [3.05, 3.63) is 58.3 Å². The maximum Gasteiger partial charge on any atom is 0.234 e. The number of anilines is 2. The predicted molar refractivity (Wildman–Crippen MR) is 124 cm³/mol. The number of methoxy groups -OCH3 is 1. The number of halogens is 3. The normalized spacial score (nSPS) is 10.7. The van der Waals surface area contributed by atoms with Crippen LogP contribution in [-0.4, -0.2) is 39.4 Å². The van der Waals surface area contributed by atoms with Gasteiger partial charge < -0.3 is 19.9 Å². The Morgan fingerprint density at radius 1 is 1.15 bits per heavy atom. The first kappa shape index (κ1) is 24.6. The number of nitrogens with zero attached hydrogens (tertiary/aromatic N) is 3. The van der Waals surface area contributed by atoms with E-state index in [-0.39, 0.29) is 28.2 Å². The molecule has 0 aliphatic rings. The molecule has 0 saturated heterocycles. The van der Waals surface area contributed by atoms with E-state index in [9.17, 15) is 18.4 Å². The van der Waals surface area contributed by atoms with Crippen molar-refractivity contribution in [3.63, 3.8) is 0 Å². The Hall–Kier alpha value is -2.99. The first-order valence-corrected chi connectivity index (χ1v) is 11.5. The zero-order chi connectivity index (χ0) is 24.0. The molecule has 2 aromatic carbocycles. The Labute approximate surface area is 201 Å². The van der Waals surface area contributed by atoms with E-state index in [4.69, 9.17) is 4.74 Å². The van der Waals surface area contributed by atoms with Crippen molar-refractivity contribution in [3.8, 4) is 5.75 Å². The predicted octanol–water partition coefficient (Wildman–Crippen LogP) is 4.26. The zero-order valence-electron chi connectivity index (χ0n) is 17.7. The van der Waals surface area contributed by atoms with Gasteiger partial charge in [-0.25, -0.2) is 8.78 Å². The lowest BCUT2D eigenvalue weighted by atomic mass is 10.3. The molecule has 0 aliphatic heterocycles. The molecule has 0 saturated carbocycles. The minimum atomic E-state index is -0.888. The van der Waals surface area contributed by atoms with Crippen LogP contribution >= 0.6 is 27.7 Å². The fraction of sp³-hybridized carbons (Fsp3) is 0.238. The summed E-state index contributed by atoms with van der Waals surface area (Å²) in [5.74, 6) is -1.46. The van der Waals surface area contributed by atoms with E-state index in [1.54, 1.807) is 35.9 Å². The highest BCUT2D eigenvalue weighted by molar-refractivity contribution is 9.10. The topological polar surface area (TPSA) is 98.1 Å². The molecule has 0 aliphatic carbocycles. The summed E-state index contributed by atoms with van der Waals surface area (Å²) >= 11 is 4.12. The highest BCUT2D eigenvalue weighted by Gasteiger charge is 2.18. The number of nitrogens with one attached hydrogen (secondary N) is 2. The van der Waals surface area contributed by atoms with E-state index >= 15 is 0 Å². The first-order valence-electron chi connectivity index (χ1n) is 9.73. The van der Waals surface area contributed by atoms with Crippen LogP contribution < -0.4 is 15.4 Å². The van der Waals surface area contributed by atoms with Gasteiger partial charge in [0.15, 0.2) is 11.0 Å². The van der Waals surface area contributed by atoms with Crippen molar-refractivity contribution in [2.24, 2.45) is 0 Å². The van der Waals surface area contributed by atoms with Gasteiger partial charge in [-0.05, 0) is 41.1 Å². The molecule has 0 fully saturated rings. The fourth-order valence-electron chi connectivity index (χ4n) is 2.89. The van der Waals surface area contributed by atoms with Gasteiger partial charge in [-0.1, -0.05) is 17.8 Å². The Morgan fingerprint density at radius 3 is 2.64 bits per heavy atom. The van der Waals surface area contributed by atoms with Crippen molar-refractivity contribution in [2.75, 3.05) is 23.5 Å². The molecule has 3 rings (SSSR count). The van der Waals surface area contributed by atoms with Crippen molar-refractivity contribution in [1.82, 2.24) is 14.8 Å². The second kappa shape index (κ2) is 11.2. The molecule has 1 aromatic heterocycles. The van der Waals surface area contributed by atoms with E-state index < -0.39 is 17.5 Å². The number of hydrogen-bond donors (Lipinski definition) is 2. The molecule has 2 amide bonds. The summed E-state index contributed by atoms with van der Waals surface area (Å²) in [6.07, 6.45) is -0.0153. The molecule has 0 bridgehead atoms. The molecule has 0 radical (unpaired) electrons. The number of rotatable bonds is 9. The lowest BCUT2D eigenvalue weighted by Crippen LogP contribution is -2.18. The van der Waals surface area contributed by atoms with Crippen LogP contribution in [0.15, 0.2) is 46.0 Å². The average Bonchev–Trinajstić information content (AvgIpc) is 3.16. The molecule has 33 heavy (non-hydrogen) atoms. The van der Waals surface area contributed by atoms with Crippen molar-refractivity contribution < 1.29 is 23.1 Å². The third-order valence-electron chi connectivity index (χ3n) is 4.39. The molecule has 3 aromatic rings. The van der Waals surface area contributed by atoms with Gasteiger partial charge in [0, 0.05) is 28.8 Å². The van der Waals surface area contributed by atoms with Gasteiger partial charge in [0.05, 0.1) is 25.0 Å². The number of hydrogen-bond acceptors (Lipinski definition) is 6. The lowest BCUT2D eigenvalue weighted by Gasteiger charge is -2.10. The third kappa shape index (κ3) is 6.51. The molecule has 12 heteroatoms. The standard InChI is InChI=1S/C21H20BrF2N5O3S/c1-3-29-17(10-18(30)25-13-5-4-6-14(9-13)32-2)27-28-21(29)33-11-19(31)26-20-15(22)7-12(23)8-16(20)24/h4-9H,3,10-11H2,1-2H3,(H,25,30)(H,26,31). The van der Waals surface area contributed by atoms with Crippen LogP contribution in [0.5, 0.6) is 5.75 Å². The molecule has 2 N–H and O–H groups in total. The maximum atomic E-state index is 13.9. The van der Waals surface area contributed by atoms with Crippen LogP contribution in [0.3, 0.4) is 0 Å². The molecule has 8 nitrogen and oxygen atoms in total. The molecule has 0 spiro atoms. The molecule has 174 valence electrons. The van der Waals surface area contributed by atoms with E-state index in [2.05, 4.69) is 36.8 Å². The van der Waals surface area contributed by atoms with Crippen molar-refractivity contribution >= 4 is 50.9 Å². The van der Waals surface area contributed by atoms with Gasteiger partial charge in [-0.2, -0.15) is 0 Å². The summed E-state index contributed by atoms with van der Waals surface area (Å²) in [5, 5.41) is 13.8. The molecular formula is C21H20BrF2N5O3S. The van der Waals surface area contributed by atoms with Gasteiger partial charge >= 0.3 is 0 Å². The van der Waals surface area contributed by atoms with Gasteiger partial charge in [0.1, 0.15) is 17.4 Å². The summed E-state index contributed by atoms with van der Waals surface area (Å²) < 4.78 is 34.1. The van der Waals surface area contributed by atoms with E-state index in [0.29, 0.717) is 35.0 Å². The fourth-order valence-corrected chi connectivity index (χ4v) is 4.22. The van der Waals surface area contributed by atoms with Gasteiger partial charge in [-0.15, -0.1) is 10.2 Å². The lowest BCUT2D eigenvalue weighted by molar-refractivity contribution is -0.116. The number of aromatic nitrogens is 3. The van der Waals surface area contributed by atoms with Crippen molar-refractivity contribution in [2.45, 2.75) is 25.0 Å². The molecule has 0 atom stereocenters. The van der Waals surface area contributed by atoms with Crippen LogP contribution in [0.2, 0.25) is 0 Å². The minimum absolute atomic E-state index is 0.0153. The number of thioether (sulfide) groups is 1. The summed E-state index contributed by atoms with van der Waals surface area (Å²) in [5.41, 5.74) is 0.446. The summed E-state index contributed by atoms with van der Waals surface area (Å²) in [7, 11) is 1.54. The third-order valence-corrected chi connectivity index (χ3v) is 5.98. The van der Waals surface area contributed by atoms with Crippen LogP contribution in [0.4, 0.5) is 20.2 Å². The summed E-state index contributed by atoms with van der Waals surface area (Å²) in [6, 6.07) is 8.72. The van der Waals surface area contributed by atoms with Crippen LogP contribution in [-0.2, 0) is 22.6 Å². The number of carbonyl (C=O) groups is 2. The van der Waals surface area contributed by atoms with E-state index in [1.165, 1.54) is 0 Å². The highest BCUT2D eigenvalue weighted by atomic mass is 79.9. The second-order valence-corrected chi connectivity index (χ2v) is 8.48. The summed E-state index contributed by atoms with van der Waals surface area (Å²) in [4.78, 5) is 24.7. The van der Waals surface area contributed by atoms with Gasteiger partial charge in [0.2, 0.25) is 11.8 Å².